The van der Waals surface area contributed by atoms with Crippen LogP contribution in [-0.4, -0.2) is 0 Å². The van der Waals surface area contributed by atoms with Crippen molar-refractivity contribution in [3.05, 3.63) is 58.9 Å². The average molecular weight is 245 g/mol. The van der Waals surface area contributed by atoms with Crippen LogP contribution < -0.4 is 10.5 Å². The highest BCUT2D eigenvalue weighted by molar-refractivity contribution is 5.46. The van der Waals surface area contributed by atoms with Crippen LogP contribution in [0.25, 0.3) is 0 Å². The number of benzene rings is 2. The molecule has 3 heteroatoms. The number of halogens is 1. The Labute approximate surface area is 106 Å². The van der Waals surface area contributed by atoms with E-state index in [-0.39, 0.29) is 12.4 Å². The highest BCUT2D eigenvalue weighted by Crippen LogP contribution is 2.21. The molecule has 0 amide bonds. The Kier molecular flexibility index (Phi) is 3.51. The highest BCUT2D eigenvalue weighted by atomic mass is 19.1. The summed E-state index contributed by atoms with van der Waals surface area (Å²) in [4.78, 5) is 0. The quantitative estimate of drug-likeness (QED) is 0.838. The second-order valence-corrected chi connectivity index (χ2v) is 4.40. The van der Waals surface area contributed by atoms with Crippen LogP contribution in [0.4, 0.5) is 10.1 Å². The summed E-state index contributed by atoms with van der Waals surface area (Å²) in [6, 6.07) is 10.2. The Balaban J connectivity index is 2.13. The fourth-order valence-corrected chi connectivity index (χ4v) is 1.82. The Bertz CT molecular complexity index is 566. The first-order chi connectivity index (χ1) is 8.56. The molecule has 0 atom stereocenters. The van der Waals surface area contributed by atoms with Gasteiger partial charge in [-0.15, -0.1) is 0 Å². The first kappa shape index (κ1) is 12.4. The Morgan fingerprint density at radius 1 is 1.11 bits per heavy atom. The van der Waals surface area contributed by atoms with Crippen LogP contribution in [0.1, 0.15) is 16.7 Å². The predicted molar refractivity (Wildman–Crippen MR) is 71.1 cm³/mol. The van der Waals surface area contributed by atoms with Gasteiger partial charge >= 0.3 is 0 Å². The van der Waals surface area contributed by atoms with Gasteiger partial charge in [-0.05, 0) is 43.7 Å². The highest BCUT2D eigenvalue weighted by Gasteiger charge is 2.04. The zero-order valence-electron chi connectivity index (χ0n) is 10.5. The summed E-state index contributed by atoms with van der Waals surface area (Å²) < 4.78 is 18.8. The second-order valence-electron chi connectivity index (χ2n) is 4.40. The maximum absolute atomic E-state index is 13.1. The third-order valence-corrected chi connectivity index (χ3v) is 2.82. The molecule has 0 aliphatic carbocycles. The zero-order valence-corrected chi connectivity index (χ0v) is 10.5. The summed E-state index contributed by atoms with van der Waals surface area (Å²) in [5, 5.41) is 0. The molecule has 2 N–H and O–H groups in total. The predicted octanol–water partition coefficient (Wildman–Crippen LogP) is 3.60. The monoisotopic (exact) mass is 245 g/mol. The normalized spacial score (nSPS) is 10.4. The molecule has 0 unspecified atom stereocenters. The molecule has 18 heavy (non-hydrogen) atoms. The van der Waals surface area contributed by atoms with E-state index in [9.17, 15) is 4.39 Å². The minimum Gasteiger partial charge on any atom is -0.489 e. The molecule has 2 aromatic rings. The lowest BCUT2D eigenvalue weighted by molar-refractivity contribution is 0.304. The molecule has 2 rings (SSSR count). The van der Waals surface area contributed by atoms with Crippen molar-refractivity contribution in [3.8, 4) is 5.75 Å². The fourth-order valence-electron chi connectivity index (χ4n) is 1.82. The minimum absolute atomic E-state index is 0.271. The topological polar surface area (TPSA) is 35.2 Å². The molecule has 0 aliphatic rings. The Morgan fingerprint density at radius 2 is 1.89 bits per heavy atom. The summed E-state index contributed by atoms with van der Waals surface area (Å²) >= 11 is 0. The van der Waals surface area contributed by atoms with Gasteiger partial charge in [0.05, 0.1) is 0 Å². The maximum Gasteiger partial charge on any atom is 0.123 e. The van der Waals surface area contributed by atoms with Crippen molar-refractivity contribution in [2.45, 2.75) is 20.5 Å². The Hall–Kier alpha value is -2.03. The molecule has 0 radical (unpaired) electrons. The molecule has 0 bridgehead atoms. The standard InChI is InChI=1S/C15H16FNO/c1-10-3-6-15(11(2)7-10)18-9-12-8-13(16)4-5-14(12)17/h3-8H,9,17H2,1-2H3. The van der Waals surface area contributed by atoms with E-state index >= 15 is 0 Å². The number of aryl methyl sites for hydroxylation is 2. The van der Waals surface area contributed by atoms with Crippen LogP contribution >= 0.6 is 0 Å². The minimum atomic E-state index is -0.302. The number of ether oxygens (including phenoxy) is 1. The van der Waals surface area contributed by atoms with E-state index in [1.165, 1.54) is 17.7 Å². The van der Waals surface area contributed by atoms with E-state index in [0.717, 1.165) is 11.3 Å². The summed E-state index contributed by atoms with van der Waals surface area (Å²) in [5.74, 6) is 0.493. The second kappa shape index (κ2) is 5.08. The molecular weight excluding hydrogens is 229 g/mol. The van der Waals surface area contributed by atoms with E-state index in [1.54, 1.807) is 6.07 Å². The lowest BCUT2D eigenvalue weighted by Gasteiger charge is -2.11. The van der Waals surface area contributed by atoms with Gasteiger partial charge in [0, 0.05) is 11.3 Å². The van der Waals surface area contributed by atoms with Gasteiger partial charge in [0.1, 0.15) is 18.2 Å². The molecular formula is C15H16FNO. The molecule has 2 nitrogen and oxygen atoms in total. The van der Waals surface area contributed by atoms with E-state index in [1.807, 2.05) is 32.0 Å². The maximum atomic E-state index is 13.1. The van der Waals surface area contributed by atoms with Crippen LogP contribution in [0.2, 0.25) is 0 Å². The molecule has 0 saturated heterocycles. The van der Waals surface area contributed by atoms with Gasteiger partial charge < -0.3 is 10.5 Å². The molecule has 0 aromatic heterocycles. The van der Waals surface area contributed by atoms with Crippen molar-refractivity contribution in [1.29, 1.82) is 0 Å². The van der Waals surface area contributed by atoms with Gasteiger partial charge in [-0.1, -0.05) is 17.7 Å². The van der Waals surface area contributed by atoms with Crippen molar-refractivity contribution in [2.75, 3.05) is 5.73 Å². The van der Waals surface area contributed by atoms with Crippen molar-refractivity contribution < 1.29 is 9.13 Å². The zero-order chi connectivity index (χ0) is 13.1. The van der Waals surface area contributed by atoms with Crippen molar-refractivity contribution >= 4 is 5.69 Å². The molecule has 2 aromatic carbocycles. The van der Waals surface area contributed by atoms with Crippen LogP contribution in [0, 0.1) is 19.7 Å². The van der Waals surface area contributed by atoms with Gasteiger partial charge in [0.25, 0.3) is 0 Å². The van der Waals surface area contributed by atoms with Crippen molar-refractivity contribution in [1.82, 2.24) is 0 Å². The van der Waals surface area contributed by atoms with Crippen LogP contribution in [0.5, 0.6) is 5.75 Å². The van der Waals surface area contributed by atoms with Gasteiger partial charge in [0.15, 0.2) is 0 Å². The molecule has 94 valence electrons. The number of rotatable bonds is 3. The summed E-state index contributed by atoms with van der Waals surface area (Å²) in [7, 11) is 0. The lowest BCUT2D eigenvalue weighted by atomic mass is 10.1. The third-order valence-electron chi connectivity index (χ3n) is 2.82. The largest absolute Gasteiger partial charge is 0.489 e. The summed E-state index contributed by atoms with van der Waals surface area (Å²) in [5.41, 5.74) is 9.22. The van der Waals surface area contributed by atoms with Gasteiger partial charge in [-0.25, -0.2) is 4.39 Å². The average Bonchev–Trinajstić information content (AvgIpc) is 2.32. The number of nitrogens with two attached hydrogens (primary N) is 1. The number of hydrogen-bond donors (Lipinski definition) is 1. The van der Waals surface area contributed by atoms with Crippen LogP contribution in [0.3, 0.4) is 0 Å². The van der Waals surface area contributed by atoms with Gasteiger partial charge in [-0.2, -0.15) is 0 Å². The molecule has 0 spiro atoms. The number of nitrogen functional groups attached to an aromatic ring is 1. The fraction of sp³-hybridized carbons (Fsp3) is 0.200. The lowest BCUT2D eigenvalue weighted by Crippen LogP contribution is -2.01. The third kappa shape index (κ3) is 2.80. The summed E-state index contributed by atoms with van der Waals surface area (Å²) in [6.45, 7) is 4.28. The number of hydrogen-bond acceptors (Lipinski definition) is 2. The van der Waals surface area contributed by atoms with E-state index in [0.29, 0.717) is 11.3 Å². The molecule has 0 saturated carbocycles. The van der Waals surface area contributed by atoms with Gasteiger partial charge in [-0.3, -0.25) is 0 Å². The van der Waals surface area contributed by atoms with E-state index in [2.05, 4.69) is 0 Å². The molecule has 0 aliphatic heterocycles. The van der Waals surface area contributed by atoms with E-state index in [4.69, 9.17) is 10.5 Å². The summed E-state index contributed by atoms with van der Waals surface area (Å²) in [6.07, 6.45) is 0. The Morgan fingerprint density at radius 3 is 2.61 bits per heavy atom. The van der Waals surface area contributed by atoms with Crippen LogP contribution in [0.15, 0.2) is 36.4 Å². The SMILES string of the molecule is Cc1ccc(OCc2cc(F)ccc2N)c(C)c1. The molecule has 0 heterocycles. The van der Waals surface area contributed by atoms with Crippen LogP contribution in [-0.2, 0) is 6.61 Å². The molecule has 0 fully saturated rings. The van der Waals surface area contributed by atoms with Crippen molar-refractivity contribution in [2.24, 2.45) is 0 Å². The van der Waals surface area contributed by atoms with Crippen molar-refractivity contribution in [3.63, 3.8) is 0 Å². The number of anilines is 1. The first-order valence-corrected chi connectivity index (χ1v) is 5.80. The van der Waals surface area contributed by atoms with E-state index < -0.39 is 0 Å². The first-order valence-electron chi connectivity index (χ1n) is 5.80. The van der Waals surface area contributed by atoms with Gasteiger partial charge in [0.2, 0.25) is 0 Å². The smallest absolute Gasteiger partial charge is 0.123 e.